The first-order chi connectivity index (χ1) is 10.1. The first-order valence-corrected chi connectivity index (χ1v) is 7.69. The number of aldehydes is 1. The minimum Gasteiger partial charge on any atom is -0.297 e. The Morgan fingerprint density at radius 3 is 2.14 bits per heavy atom. The van der Waals surface area contributed by atoms with E-state index in [1.807, 2.05) is 0 Å². The summed E-state index contributed by atoms with van der Waals surface area (Å²) < 4.78 is 25.0. The van der Waals surface area contributed by atoms with Gasteiger partial charge in [-0.05, 0) is 17.7 Å². The van der Waals surface area contributed by atoms with E-state index in [4.69, 9.17) is 0 Å². The number of Topliss-reactive ketones (excluding diaryl/α,β-unsaturated/α-hetero) is 1. The van der Waals surface area contributed by atoms with Crippen LogP contribution in [0.2, 0.25) is 0 Å². The van der Waals surface area contributed by atoms with Crippen LogP contribution in [0.4, 0.5) is 0 Å². The molecule has 104 valence electrons. The predicted molar refractivity (Wildman–Crippen MR) is 77.4 cm³/mol. The number of fused-ring (bicyclic) bond motifs is 1. The molecule has 0 radical (unpaired) electrons. The molecular weight excluding hydrogens is 288 g/mol. The number of sulfone groups is 1. The standard InChI is InChI=1S/C16H10O4S/c17-10-14-15(11-6-2-1-3-7-11)16(18)12-8-4-5-9-13(12)21(14,19)20/h1-10H. The maximum absolute atomic E-state index is 12.6. The Hall–Kier alpha value is -2.53. The first-order valence-electron chi connectivity index (χ1n) is 6.21. The summed E-state index contributed by atoms with van der Waals surface area (Å²) in [5.41, 5.74) is 0.453. The number of rotatable bonds is 2. The van der Waals surface area contributed by atoms with Gasteiger partial charge >= 0.3 is 0 Å². The quantitative estimate of drug-likeness (QED) is 0.798. The average molecular weight is 298 g/mol. The van der Waals surface area contributed by atoms with Gasteiger partial charge in [0, 0.05) is 5.56 Å². The molecule has 2 aromatic rings. The van der Waals surface area contributed by atoms with E-state index in [0.29, 0.717) is 5.56 Å². The van der Waals surface area contributed by atoms with Crippen LogP contribution in [0.1, 0.15) is 15.9 Å². The molecule has 0 aromatic heterocycles. The molecular formula is C16H10O4S. The third-order valence-corrected chi connectivity index (χ3v) is 5.17. The molecule has 0 aliphatic carbocycles. The second kappa shape index (κ2) is 4.79. The Balaban J connectivity index is 2.40. The van der Waals surface area contributed by atoms with Crippen molar-refractivity contribution in [3.63, 3.8) is 0 Å². The minimum atomic E-state index is -3.97. The smallest absolute Gasteiger partial charge is 0.211 e. The van der Waals surface area contributed by atoms with Crippen LogP contribution in [0.3, 0.4) is 0 Å². The van der Waals surface area contributed by atoms with E-state index < -0.39 is 20.5 Å². The number of carbonyl (C=O) groups is 2. The van der Waals surface area contributed by atoms with Crippen molar-refractivity contribution >= 4 is 27.5 Å². The van der Waals surface area contributed by atoms with Gasteiger partial charge in [0.2, 0.25) is 9.84 Å². The van der Waals surface area contributed by atoms with Crippen LogP contribution < -0.4 is 0 Å². The lowest BCUT2D eigenvalue weighted by Gasteiger charge is -2.19. The summed E-state index contributed by atoms with van der Waals surface area (Å²) in [7, 11) is -3.97. The average Bonchev–Trinajstić information content (AvgIpc) is 2.51. The second-order valence-corrected chi connectivity index (χ2v) is 6.44. The molecule has 0 saturated carbocycles. The SMILES string of the molecule is O=CC1=C(c2ccccc2)C(=O)c2ccccc2S1(=O)=O. The first kappa shape index (κ1) is 13.5. The molecule has 0 spiro atoms. The van der Waals surface area contributed by atoms with Crippen LogP contribution in [0.5, 0.6) is 0 Å². The summed E-state index contributed by atoms with van der Waals surface area (Å²) >= 11 is 0. The van der Waals surface area contributed by atoms with Gasteiger partial charge in [-0.2, -0.15) is 0 Å². The zero-order valence-corrected chi connectivity index (χ0v) is 11.6. The molecule has 1 aliphatic heterocycles. The lowest BCUT2D eigenvalue weighted by molar-refractivity contribution is -0.104. The summed E-state index contributed by atoms with van der Waals surface area (Å²) in [6.07, 6.45) is 0.242. The fraction of sp³-hybridized carbons (Fsp3) is 0. The Kier molecular flexibility index (Phi) is 3.07. The molecule has 0 saturated heterocycles. The van der Waals surface area contributed by atoms with Crippen molar-refractivity contribution in [3.8, 4) is 0 Å². The molecule has 0 atom stereocenters. The summed E-state index contributed by atoms with van der Waals surface area (Å²) in [5.74, 6) is -0.450. The summed E-state index contributed by atoms with van der Waals surface area (Å²) in [4.78, 5) is 23.3. The van der Waals surface area contributed by atoms with Crippen molar-refractivity contribution in [3.05, 3.63) is 70.6 Å². The van der Waals surface area contributed by atoms with Gasteiger partial charge in [0.1, 0.15) is 4.91 Å². The van der Waals surface area contributed by atoms with E-state index in [1.54, 1.807) is 36.4 Å². The molecule has 0 unspecified atom stereocenters. The van der Waals surface area contributed by atoms with Crippen LogP contribution >= 0.6 is 0 Å². The third-order valence-electron chi connectivity index (χ3n) is 3.35. The molecule has 0 bridgehead atoms. The number of hydrogen-bond acceptors (Lipinski definition) is 4. The van der Waals surface area contributed by atoms with E-state index in [-0.39, 0.29) is 22.3 Å². The molecule has 0 amide bonds. The van der Waals surface area contributed by atoms with E-state index in [0.717, 1.165) is 0 Å². The molecule has 1 heterocycles. The van der Waals surface area contributed by atoms with Gasteiger partial charge < -0.3 is 0 Å². The molecule has 21 heavy (non-hydrogen) atoms. The third kappa shape index (κ3) is 1.94. The van der Waals surface area contributed by atoms with E-state index in [9.17, 15) is 18.0 Å². The fourth-order valence-corrected chi connectivity index (χ4v) is 3.94. The van der Waals surface area contributed by atoms with Crippen LogP contribution in [0, 0.1) is 0 Å². The van der Waals surface area contributed by atoms with E-state index in [1.165, 1.54) is 18.2 Å². The molecule has 3 rings (SSSR count). The summed E-state index contributed by atoms with van der Waals surface area (Å²) in [6, 6.07) is 14.3. The van der Waals surface area contributed by atoms with Gasteiger partial charge in [-0.25, -0.2) is 8.42 Å². The zero-order valence-electron chi connectivity index (χ0n) is 10.8. The van der Waals surface area contributed by atoms with Crippen LogP contribution in [-0.2, 0) is 14.6 Å². The molecule has 1 aliphatic rings. The van der Waals surface area contributed by atoms with Crippen molar-refractivity contribution in [1.29, 1.82) is 0 Å². The lowest BCUT2D eigenvalue weighted by Crippen LogP contribution is -2.22. The fourth-order valence-electron chi connectivity index (χ4n) is 2.39. The number of carbonyl (C=O) groups excluding carboxylic acids is 2. The molecule has 4 nitrogen and oxygen atoms in total. The Bertz CT molecular complexity index is 878. The van der Waals surface area contributed by atoms with Crippen molar-refractivity contribution in [2.75, 3.05) is 0 Å². The zero-order chi connectivity index (χ0) is 15.0. The van der Waals surface area contributed by atoms with Crippen molar-refractivity contribution in [2.45, 2.75) is 4.90 Å². The lowest BCUT2D eigenvalue weighted by atomic mass is 9.96. The van der Waals surface area contributed by atoms with Crippen LogP contribution in [0.25, 0.3) is 5.57 Å². The number of allylic oxidation sites excluding steroid dienone is 2. The maximum atomic E-state index is 12.6. The highest BCUT2D eigenvalue weighted by Crippen LogP contribution is 2.36. The topological polar surface area (TPSA) is 68.3 Å². The monoisotopic (exact) mass is 298 g/mol. The van der Waals surface area contributed by atoms with Gasteiger partial charge in [0.25, 0.3) is 0 Å². The van der Waals surface area contributed by atoms with Gasteiger partial charge in [0.05, 0.1) is 10.5 Å². The maximum Gasteiger partial charge on any atom is 0.211 e. The molecule has 2 aromatic carbocycles. The van der Waals surface area contributed by atoms with Crippen LogP contribution in [-0.4, -0.2) is 20.5 Å². The predicted octanol–water partition coefficient (Wildman–Crippen LogP) is 2.27. The normalized spacial score (nSPS) is 16.5. The second-order valence-electron chi connectivity index (χ2n) is 4.55. The largest absolute Gasteiger partial charge is 0.297 e. The van der Waals surface area contributed by atoms with Gasteiger partial charge in [-0.1, -0.05) is 42.5 Å². The number of hydrogen-bond donors (Lipinski definition) is 0. The van der Waals surface area contributed by atoms with E-state index >= 15 is 0 Å². The van der Waals surface area contributed by atoms with Crippen molar-refractivity contribution < 1.29 is 18.0 Å². The number of ketones is 1. The Morgan fingerprint density at radius 2 is 1.48 bits per heavy atom. The van der Waals surface area contributed by atoms with Crippen LogP contribution in [0.15, 0.2) is 64.4 Å². The molecule has 0 N–H and O–H groups in total. The summed E-state index contributed by atoms with van der Waals surface area (Å²) in [6.45, 7) is 0. The Morgan fingerprint density at radius 1 is 0.857 bits per heavy atom. The highest BCUT2D eigenvalue weighted by atomic mass is 32.2. The highest BCUT2D eigenvalue weighted by Gasteiger charge is 2.37. The van der Waals surface area contributed by atoms with Crippen molar-refractivity contribution in [2.24, 2.45) is 0 Å². The molecule has 0 fully saturated rings. The van der Waals surface area contributed by atoms with Crippen molar-refractivity contribution in [1.82, 2.24) is 0 Å². The van der Waals surface area contributed by atoms with E-state index in [2.05, 4.69) is 0 Å². The number of benzene rings is 2. The van der Waals surface area contributed by atoms with Gasteiger partial charge in [0.15, 0.2) is 12.1 Å². The minimum absolute atomic E-state index is 0.0655. The summed E-state index contributed by atoms with van der Waals surface area (Å²) in [5, 5.41) is 0. The Labute approximate surface area is 121 Å². The molecule has 5 heteroatoms. The van der Waals surface area contributed by atoms with Gasteiger partial charge in [-0.3, -0.25) is 9.59 Å². The van der Waals surface area contributed by atoms with Gasteiger partial charge in [-0.15, -0.1) is 0 Å². The highest BCUT2D eigenvalue weighted by molar-refractivity contribution is 7.96.